The van der Waals surface area contributed by atoms with Gasteiger partial charge in [0.25, 0.3) is 5.91 Å². The maximum absolute atomic E-state index is 12.8. The second-order valence-corrected chi connectivity index (χ2v) is 9.47. The maximum atomic E-state index is 12.8. The van der Waals surface area contributed by atoms with Gasteiger partial charge in [0.2, 0.25) is 4.80 Å². The molecule has 2 aliphatic rings. The van der Waals surface area contributed by atoms with Gasteiger partial charge >= 0.3 is 5.97 Å². The Bertz CT molecular complexity index is 1490. The molecule has 0 bridgehead atoms. The summed E-state index contributed by atoms with van der Waals surface area (Å²) in [5.41, 5.74) is 4.48. The summed E-state index contributed by atoms with van der Waals surface area (Å²) in [5.74, 6) is -0.884. The van der Waals surface area contributed by atoms with Gasteiger partial charge in [-0.1, -0.05) is 66.8 Å². The van der Waals surface area contributed by atoms with E-state index in [0.29, 0.717) is 55.1 Å². The monoisotopic (exact) mass is 500 g/mol. The highest BCUT2D eigenvalue weighted by Gasteiger charge is 2.25. The molecule has 5 rings (SSSR count). The van der Waals surface area contributed by atoms with Crippen LogP contribution in [-0.4, -0.2) is 39.3 Å². The lowest BCUT2D eigenvalue weighted by Gasteiger charge is -2.09. The number of azo groups is 1. The van der Waals surface area contributed by atoms with Crippen molar-refractivity contribution in [3.63, 3.8) is 0 Å². The van der Waals surface area contributed by atoms with E-state index in [1.54, 1.807) is 4.68 Å². The van der Waals surface area contributed by atoms with Gasteiger partial charge in [-0.15, -0.1) is 5.11 Å². The molecule has 2 aromatic carbocycles. The fourth-order valence-corrected chi connectivity index (χ4v) is 5.15. The summed E-state index contributed by atoms with van der Waals surface area (Å²) in [6.45, 7) is 2.80. The lowest BCUT2D eigenvalue weighted by atomic mass is 9.98. The van der Waals surface area contributed by atoms with Crippen molar-refractivity contribution < 1.29 is 14.7 Å². The van der Waals surface area contributed by atoms with E-state index in [4.69, 9.17) is 0 Å². The molecule has 9 nitrogen and oxygen atoms in total. The van der Waals surface area contributed by atoms with Crippen LogP contribution in [0, 0.1) is 0 Å². The molecular formula is C26H24N6O3S. The second-order valence-electron chi connectivity index (χ2n) is 8.43. The van der Waals surface area contributed by atoms with E-state index in [1.807, 2.05) is 55.5 Å². The fourth-order valence-electron chi connectivity index (χ4n) is 4.31. The highest BCUT2D eigenvalue weighted by Crippen LogP contribution is 2.28. The number of amidine groups is 1. The molecule has 0 unspecified atom stereocenters. The summed E-state index contributed by atoms with van der Waals surface area (Å²) in [6, 6.07) is 16.1. The van der Waals surface area contributed by atoms with Crippen LogP contribution in [0.3, 0.4) is 0 Å². The third-order valence-corrected chi connectivity index (χ3v) is 7.20. The van der Waals surface area contributed by atoms with Gasteiger partial charge < -0.3 is 5.11 Å². The third kappa shape index (κ3) is 4.85. The summed E-state index contributed by atoms with van der Waals surface area (Å²) < 4.78 is 1.72. The number of aliphatic carboxylic acids is 1. The number of hydrogen-bond donors (Lipinski definition) is 1. The zero-order valence-corrected chi connectivity index (χ0v) is 20.5. The number of amides is 1. The van der Waals surface area contributed by atoms with Crippen LogP contribution in [-0.2, 0) is 22.6 Å². The molecule has 2 heterocycles. The van der Waals surface area contributed by atoms with Crippen molar-refractivity contribution in [1.82, 2.24) is 9.78 Å². The normalized spacial score (nSPS) is 15.6. The summed E-state index contributed by atoms with van der Waals surface area (Å²) >= 11 is 1.35. The minimum Gasteiger partial charge on any atom is -0.478 e. The van der Waals surface area contributed by atoms with Gasteiger partial charge in [-0.05, 0) is 42.4 Å². The predicted molar refractivity (Wildman–Crippen MR) is 136 cm³/mol. The molecule has 0 spiro atoms. The Labute approximate surface area is 211 Å². The van der Waals surface area contributed by atoms with E-state index in [2.05, 4.69) is 25.3 Å². The van der Waals surface area contributed by atoms with Crippen LogP contribution in [0.1, 0.15) is 42.3 Å². The van der Waals surface area contributed by atoms with Crippen molar-refractivity contribution in [2.75, 3.05) is 6.67 Å². The maximum Gasteiger partial charge on any atom is 0.332 e. The van der Waals surface area contributed by atoms with E-state index in [-0.39, 0.29) is 5.57 Å². The van der Waals surface area contributed by atoms with E-state index < -0.39 is 11.9 Å². The summed E-state index contributed by atoms with van der Waals surface area (Å²) in [7, 11) is 0. The minimum absolute atomic E-state index is 0.177. The Morgan fingerprint density at radius 3 is 2.50 bits per heavy atom. The number of aromatic nitrogens is 2. The Kier molecular flexibility index (Phi) is 6.77. The molecule has 3 aromatic rings. The third-order valence-electron chi connectivity index (χ3n) is 6.11. The smallest absolute Gasteiger partial charge is 0.332 e. The molecule has 10 heteroatoms. The molecule has 1 aliphatic carbocycles. The molecule has 1 amide bonds. The lowest BCUT2D eigenvalue weighted by Crippen LogP contribution is -2.20. The SMILES string of the molecule is CCc1nn(Cc2ccc(-c3ccccc3C3=NCN=N3)cc2)c(=NC(=O)C2=C(C(=O)O)CCC2)s1. The summed E-state index contributed by atoms with van der Waals surface area (Å²) in [4.78, 5) is 33.4. The molecule has 0 saturated heterocycles. The van der Waals surface area contributed by atoms with Gasteiger partial charge in [0.1, 0.15) is 5.01 Å². The van der Waals surface area contributed by atoms with Crippen LogP contribution in [0.5, 0.6) is 0 Å². The molecule has 1 aliphatic heterocycles. The first-order valence-electron chi connectivity index (χ1n) is 11.8. The van der Waals surface area contributed by atoms with Crippen LogP contribution >= 0.6 is 11.3 Å². The first-order valence-corrected chi connectivity index (χ1v) is 12.6. The van der Waals surface area contributed by atoms with Crippen molar-refractivity contribution in [2.24, 2.45) is 20.2 Å². The first-order chi connectivity index (χ1) is 17.5. The number of carbonyl (C=O) groups excluding carboxylic acids is 1. The van der Waals surface area contributed by atoms with Crippen LogP contribution in [0.25, 0.3) is 11.1 Å². The zero-order valence-electron chi connectivity index (χ0n) is 19.7. The Morgan fingerprint density at radius 2 is 1.81 bits per heavy atom. The average molecular weight is 501 g/mol. The van der Waals surface area contributed by atoms with Crippen molar-refractivity contribution >= 4 is 29.0 Å². The molecular weight excluding hydrogens is 476 g/mol. The van der Waals surface area contributed by atoms with E-state index in [0.717, 1.165) is 27.3 Å². The van der Waals surface area contributed by atoms with Crippen molar-refractivity contribution in [3.8, 4) is 11.1 Å². The van der Waals surface area contributed by atoms with Crippen molar-refractivity contribution in [2.45, 2.75) is 39.2 Å². The van der Waals surface area contributed by atoms with Gasteiger partial charge in [-0.25, -0.2) is 14.5 Å². The van der Waals surface area contributed by atoms with Gasteiger partial charge in [0.15, 0.2) is 12.5 Å². The molecule has 0 fully saturated rings. The van der Waals surface area contributed by atoms with Crippen LogP contribution < -0.4 is 4.80 Å². The number of nitrogens with zero attached hydrogens (tertiary/aromatic N) is 6. The molecule has 36 heavy (non-hydrogen) atoms. The number of aliphatic imine (C=N–C) groups is 1. The van der Waals surface area contributed by atoms with Gasteiger partial charge in [0.05, 0.1) is 6.54 Å². The highest BCUT2D eigenvalue weighted by atomic mass is 32.1. The molecule has 182 valence electrons. The van der Waals surface area contributed by atoms with Crippen LogP contribution in [0.4, 0.5) is 0 Å². The quantitative estimate of drug-likeness (QED) is 0.517. The molecule has 0 saturated carbocycles. The van der Waals surface area contributed by atoms with Crippen molar-refractivity contribution in [1.29, 1.82) is 0 Å². The molecule has 0 radical (unpaired) electrons. The first kappa shape index (κ1) is 23.7. The number of carboxylic acids is 1. The second kappa shape index (κ2) is 10.3. The zero-order chi connectivity index (χ0) is 25.1. The van der Waals surface area contributed by atoms with Gasteiger partial charge in [0, 0.05) is 16.7 Å². The lowest BCUT2D eigenvalue weighted by molar-refractivity contribution is -0.133. The Morgan fingerprint density at radius 1 is 1.06 bits per heavy atom. The standard InChI is InChI=1S/C26H24N6O3S/c1-2-22-31-32(26(36-22)29-24(33)20-8-5-9-21(20)25(34)35)14-16-10-12-17(13-11-16)18-6-3-4-7-19(18)23-27-15-28-30-23/h3-4,6-7,10-13H,2,5,8-9,14-15H2,1H3,(H,34,35). The Balaban J connectivity index is 1.43. The predicted octanol–water partition coefficient (Wildman–Crippen LogP) is 4.38. The van der Waals surface area contributed by atoms with Gasteiger partial charge in [-0.3, -0.25) is 4.79 Å². The van der Waals surface area contributed by atoms with Crippen molar-refractivity contribution in [3.05, 3.63) is 80.6 Å². The summed E-state index contributed by atoms with van der Waals surface area (Å²) in [5, 5.41) is 23.0. The minimum atomic E-state index is -1.04. The molecule has 0 atom stereocenters. The van der Waals surface area contributed by atoms with Crippen LogP contribution in [0.15, 0.2) is 79.9 Å². The number of carbonyl (C=O) groups is 2. The number of aryl methyl sites for hydroxylation is 1. The Hall–Kier alpha value is -4.05. The topological polar surface area (TPSA) is 122 Å². The van der Waals surface area contributed by atoms with E-state index >= 15 is 0 Å². The largest absolute Gasteiger partial charge is 0.478 e. The summed E-state index contributed by atoms with van der Waals surface area (Å²) in [6.07, 6.45) is 2.22. The van der Waals surface area contributed by atoms with Crippen LogP contribution in [0.2, 0.25) is 0 Å². The number of hydrogen-bond acceptors (Lipinski definition) is 7. The highest BCUT2D eigenvalue weighted by molar-refractivity contribution is 7.08. The fraction of sp³-hybridized carbons (Fsp3) is 0.269. The van der Waals surface area contributed by atoms with Gasteiger partial charge in [-0.2, -0.15) is 15.2 Å². The average Bonchev–Trinajstić information content (AvgIpc) is 3.66. The number of carboxylic acid groups (broad SMARTS) is 1. The molecule has 1 N–H and O–H groups in total. The molecule has 1 aromatic heterocycles. The number of rotatable bonds is 7. The van der Waals surface area contributed by atoms with E-state index in [9.17, 15) is 14.7 Å². The van der Waals surface area contributed by atoms with E-state index in [1.165, 1.54) is 11.3 Å². The number of benzene rings is 2.